The summed E-state index contributed by atoms with van der Waals surface area (Å²) in [5.41, 5.74) is 2.65. The molecule has 110 valence electrons. The average molecular weight is 283 g/mol. The van der Waals surface area contributed by atoms with Gasteiger partial charge in [-0.3, -0.25) is 9.78 Å². The van der Waals surface area contributed by atoms with Crippen molar-refractivity contribution >= 4 is 5.91 Å². The molecule has 0 radical (unpaired) electrons. The van der Waals surface area contributed by atoms with E-state index in [1.165, 1.54) is 0 Å². The van der Waals surface area contributed by atoms with E-state index in [-0.39, 0.29) is 11.9 Å². The Morgan fingerprint density at radius 1 is 1.19 bits per heavy atom. The molecule has 2 aromatic rings. The number of benzene rings is 1. The first kappa shape index (κ1) is 15.2. The van der Waals surface area contributed by atoms with Crippen LogP contribution < -0.4 is 10.6 Å². The lowest BCUT2D eigenvalue weighted by Crippen LogP contribution is -2.28. The van der Waals surface area contributed by atoms with Gasteiger partial charge in [0.1, 0.15) is 0 Å². The van der Waals surface area contributed by atoms with Crippen LogP contribution in [0, 0.1) is 0 Å². The zero-order valence-corrected chi connectivity index (χ0v) is 12.5. The van der Waals surface area contributed by atoms with Crippen molar-refractivity contribution in [2.75, 3.05) is 13.6 Å². The van der Waals surface area contributed by atoms with Gasteiger partial charge in [0, 0.05) is 11.8 Å². The van der Waals surface area contributed by atoms with E-state index in [9.17, 15) is 4.79 Å². The topological polar surface area (TPSA) is 54.0 Å². The molecule has 0 aliphatic carbocycles. The molecule has 4 nitrogen and oxygen atoms in total. The van der Waals surface area contributed by atoms with Gasteiger partial charge in [-0.2, -0.15) is 0 Å². The number of hydrogen-bond donors (Lipinski definition) is 2. The van der Waals surface area contributed by atoms with Crippen LogP contribution in [0.3, 0.4) is 0 Å². The lowest BCUT2D eigenvalue weighted by atomic mass is 10.0. The molecule has 0 saturated heterocycles. The van der Waals surface area contributed by atoms with Gasteiger partial charge in [0.15, 0.2) is 0 Å². The summed E-state index contributed by atoms with van der Waals surface area (Å²) in [5.74, 6) is -0.0557. The molecule has 0 aliphatic rings. The van der Waals surface area contributed by atoms with Gasteiger partial charge >= 0.3 is 0 Å². The molecule has 0 saturated carbocycles. The summed E-state index contributed by atoms with van der Waals surface area (Å²) in [4.78, 5) is 16.7. The molecule has 1 amide bonds. The zero-order chi connectivity index (χ0) is 15.1. The Balaban J connectivity index is 2.10. The van der Waals surface area contributed by atoms with Crippen LogP contribution in [0.4, 0.5) is 0 Å². The molecule has 1 atom stereocenters. The van der Waals surface area contributed by atoms with Crippen molar-refractivity contribution in [3.05, 3.63) is 65.5 Å². The Kier molecular flexibility index (Phi) is 5.46. The number of hydrogen-bond acceptors (Lipinski definition) is 3. The third kappa shape index (κ3) is 4.13. The Morgan fingerprint density at radius 3 is 2.67 bits per heavy atom. The van der Waals surface area contributed by atoms with Crippen molar-refractivity contribution in [3.8, 4) is 0 Å². The smallest absolute Gasteiger partial charge is 0.252 e. The summed E-state index contributed by atoms with van der Waals surface area (Å²) in [6.45, 7) is 2.79. The molecule has 0 spiro atoms. The summed E-state index contributed by atoms with van der Waals surface area (Å²) >= 11 is 0. The highest BCUT2D eigenvalue weighted by Crippen LogP contribution is 2.13. The first-order chi connectivity index (χ1) is 10.2. The van der Waals surface area contributed by atoms with E-state index >= 15 is 0 Å². The first-order valence-electron chi connectivity index (χ1n) is 7.16. The fourth-order valence-electron chi connectivity index (χ4n) is 2.20. The predicted octanol–water partition coefficient (Wildman–Crippen LogP) is 2.33. The molecule has 1 unspecified atom stereocenters. The monoisotopic (exact) mass is 283 g/mol. The van der Waals surface area contributed by atoms with Crippen molar-refractivity contribution in [1.82, 2.24) is 15.6 Å². The maximum Gasteiger partial charge on any atom is 0.252 e. The molecule has 0 aliphatic heterocycles. The van der Waals surface area contributed by atoms with Crippen LogP contribution in [0.25, 0.3) is 0 Å². The highest BCUT2D eigenvalue weighted by molar-refractivity contribution is 5.95. The zero-order valence-electron chi connectivity index (χ0n) is 12.5. The van der Waals surface area contributed by atoms with E-state index in [0.29, 0.717) is 0 Å². The summed E-state index contributed by atoms with van der Waals surface area (Å²) in [6.07, 6.45) is 2.57. The number of carbonyl (C=O) groups excluding carboxylic acids is 1. The van der Waals surface area contributed by atoms with Crippen molar-refractivity contribution in [2.24, 2.45) is 0 Å². The minimum Gasteiger partial charge on any atom is -0.344 e. The third-order valence-electron chi connectivity index (χ3n) is 3.39. The van der Waals surface area contributed by atoms with Crippen LogP contribution in [-0.4, -0.2) is 24.5 Å². The van der Waals surface area contributed by atoms with Gasteiger partial charge < -0.3 is 10.6 Å². The molecule has 4 heteroatoms. The van der Waals surface area contributed by atoms with Gasteiger partial charge in [-0.1, -0.05) is 24.3 Å². The van der Waals surface area contributed by atoms with Gasteiger partial charge in [-0.25, -0.2) is 0 Å². The maximum absolute atomic E-state index is 12.5. The van der Waals surface area contributed by atoms with Crippen LogP contribution >= 0.6 is 0 Å². The largest absolute Gasteiger partial charge is 0.344 e. The van der Waals surface area contributed by atoms with Crippen molar-refractivity contribution in [1.29, 1.82) is 0 Å². The lowest BCUT2D eigenvalue weighted by molar-refractivity contribution is 0.0938. The van der Waals surface area contributed by atoms with Gasteiger partial charge in [0.2, 0.25) is 0 Å². The summed E-state index contributed by atoms with van der Waals surface area (Å²) in [5, 5.41) is 6.11. The Morgan fingerprint density at radius 2 is 1.95 bits per heavy atom. The van der Waals surface area contributed by atoms with Crippen molar-refractivity contribution in [2.45, 2.75) is 19.4 Å². The highest BCUT2D eigenvalue weighted by atomic mass is 16.1. The number of nitrogens with zero attached hydrogens (tertiary/aromatic N) is 1. The molecule has 2 N–H and O–H groups in total. The Bertz CT molecular complexity index is 584. The van der Waals surface area contributed by atoms with Gasteiger partial charge in [0.05, 0.1) is 11.7 Å². The number of amides is 1. The normalized spacial score (nSPS) is 11.9. The van der Waals surface area contributed by atoms with E-state index in [4.69, 9.17) is 0 Å². The second-order valence-electron chi connectivity index (χ2n) is 4.96. The van der Waals surface area contributed by atoms with E-state index in [0.717, 1.165) is 29.8 Å². The summed E-state index contributed by atoms with van der Waals surface area (Å²) < 4.78 is 0. The first-order valence-corrected chi connectivity index (χ1v) is 7.16. The Labute approximate surface area is 125 Å². The molecule has 21 heavy (non-hydrogen) atoms. The molecule has 2 rings (SSSR count). The number of pyridine rings is 1. The second-order valence-corrected chi connectivity index (χ2v) is 4.96. The van der Waals surface area contributed by atoms with E-state index < -0.39 is 0 Å². The molecular weight excluding hydrogens is 262 g/mol. The number of nitrogens with one attached hydrogen (secondary N) is 2. The van der Waals surface area contributed by atoms with Crippen LogP contribution in [0.1, 0.15) is 34.6 Å². The summed E-state index contributed by atoms with van der Waals surface area (Å²) in [7, 11) is 1.91. The van der Waals surface area contributed by atoms with Crippen LogP contribution in [0.2, 0.25) is 0 Å². The summed E-state index contributed by atoms with van der Waals surface area (Å²) in [6, 6.07) is 13.3. The van der Waals surface area contributed by atoms with E-state index in [1.807, 2.05) is 56.4 Å². The molecule has 1 aromatic heterocycles. The molecular formula is C17H21N3O. The van der Waals surface area contributed by atoms with Crippen LogP contribution in [-0.2, 0) is 6.42 Å². The van der Waals surface area contributed by atoms with Crippen molar-refractivity contribution in [3.63, 3.8) is 0 Å². The third-order valence-corrected chi connectivity index (χ3v) is 3.39. The molecule has 1 heterocycles. The van der Waals surface area contributed by atoms with E-state index in [1.54, 1.807) is 6.20 Å². The standard InChI is InChI=1S/C17H21N3O/c1-13(16-9-5-6-11-19-16)20-17(21)15-8-4-3-7-14(15)10-12-18-2/h3-9,11,13,18H,10,12H2,1-2H3,(H,20,21). The number of likely N-dealkylation sites (N-methyl/N-ethyl adjacent to an activating group) is 1. The van der Waals surface area contributed by atoms with Crippen molar-refractivity contribution < 1.29 is 4.79 Å². The number of aromatic nitrogens is 1. The van der Waals surface area contributed by atoms with Gasteiger partial charge in [-0.05, 0) is 50.7 Å². The molecule has 0 fully saturated rings. The molecule has 1 aromatic carbocycles. The lowest BCUT2D eigenvalue weighted by Gasteiger charge is -2.15. The average Bonchev–Trinajstić information content (AvgIpc) is 2.54. The molecule has 0 bridgehead atoms. The van der Waals surface area contributed by atoms with Crippen LogP contribution in [0.5, 0.6) is 0 Å². The minimum atomic E-state index is -0.115. The minimum absolute atomic E-state index is 0.0557. The fourth-order valence-corrected chi connectivity index (χ4v) is 2.20. The second kappa shape index (κ2) is 7.55. The number of rotatable bonds is 6. The predicted molar refractivity (Wildman–Crippen MR) is 84.2 cm³/mol. The maximum atomic E-state index is 12.5. The Hall–Kier alpha value is -2.20. The van der Waals surface area contributed by atoms with Gasteiger partial charge in [0.25, 0.3) is 5.91 Å². The van der Waals surface area contributed by atoms with Crippen LogP contribution in [0.15, 0.2) is 48.7 Å². The van der Waals surface area contributed by atoms with Gasteiger partial charge in [-0.15, -0.1) is 0 Å². The quantitative estimate of drug-likeness (QED) is 0.855. The highest BCUT2D eigenvalue weighted by Gasteiger charge is 2.14. The van der Waals surface area contributed by atoms with E-state index in [2.05, 4.69) is 15.6 Å². The SMILES string of the molecule is CNCCc1ccccc1C(=O)NC(C)c1ccccn1. The fraction of sp³-hybridized carbons (Fsp3) is 0.294. The number of carbonyl (C=O) groups is 1.